The van der Waals surface area contributed by atoms with Crippen molar-refractivity contribution in [3.05, 3.63) is 64.8 Å². The molecule has 3 aromatic rings. The fourth-order valence-electron chi connectivity index (χ4n) is 1.83. The fraction of sp³-hybridized carbons (Fsp3) is 0. The molecule has 0 radical (unpaired) electrons. The molecule has 0 amide bonds. The zero-order valence-electron chi connectivity index (χ0n) is 10.3. The molecule has 0 aliphatic carbocycles. The maximum atomic E-state index is 10.8. The van der Waals surface area contributed by atoms with Gasteiger partial charge >= 0.3 is 0 Å². The number of rotatable bonds is 3. The van der Waals surface area contributed by atoms with E-state index in [-0.39, 0.29) is 5.69 Å². The van der Waals surface area contributed by atoms with E-state index in [1.807, 2.05) is 18.2 Å². The van der Waals surface area contributed by atoms with Crippen LogP contribution in [0.3, 0.4) is 0 Å². The summed E-state index contributed by atoms with van der Waals surface area (Å²) in [5.41, 5.74) is 0.535. The molecular formula is C14H9N3O3. The standard InChI is InChI=1S/C14H9N3O3/c18-17(19)10-6-7-13-12(8-10)14(9-15-16-13)20-11-4-2-1-3-5-11/h1-9H. The molecule has 2 aromatic carbocycles. The second kappa shape index (κ2) is 4.93. The van der Waals surface area contributed by atoms with E-state index in [9.17, 15) is 10.1 Å². The van der Waals surface area contributed by atoms with E-state index < -0.39 is 4.92 Å². The fourth-order valence-corrected chi connectivity index (χ4v) is 1.83. The number of nitrogens with zero attached hydrogens (tertiary/aromatic N) is 3. The Labute approximate surface area is 113 Å². The maximum absolute atomic E-state index is 10.8. The van der Waals surface area contributed by atoms with Gasteiger partial charge in [0.25, 0.3) is 5.69 Å². The number of aromatic nitrogens is 2. The lowest BCUT2D eigenvalue weighted by molar-refractivity contribution is -0.384. The highest BCUT2D eigenvalue weighted by atomic mass is 16.6. The normalized spacial score (nSPS) is 10.4. The van der Waals surface area contributed by atoms with Crippen molar-refractivity contribution in [1.82, 2.24) is 10.2 Å². The van der Waals surface area contributed by atoms with Crippen molar-refractivity contribution >= 4 is 16.6 Å². The molecule has 0 spiro atoms. The van der Waals surface area contributed by atoms with Crippen LogP contribution >= 0.6 is 0 Å². The minimum Gasteiger partial charge on any atom is -0.455 e. The Balaban J connectivity index is 2.10. The Morgan fingerprint density at radius 3 is 2.65 bits per heavy atom. The third-order valence-corrected chi connectivity index (χ3v) is 2.77. The van der Waals surface area contributed by atoms with Crippen LogP contribution in [0.15, 0.2) is 54.7 Å². The molecule has 0 aliphatic heterocycles. The second-order valence-electron chi connectivity index (χ2n) is 4.08. The Morgan fingerprint density at radius 1 is 1.10 bits per heavy atom. The first-order valence-corrected chi connectivity index (χ1v) is 5.87. The van der Waals surface area contributed by atoms with Crippen LogP contribution in [-0.4, -0.2) is 15.1 Å². The third-order valence-electron chi connectivity index (χ3n) is 2.77. The molecule has 20 heavy (non-hydrogen) atoms. The van der Waals surface area contributed by atoms with Crippen molar-refractivity contribution in [3.63, 3.8) is 0 Å². The minimum atomic E-state index is -0.452. The zero-order chi connectivity index (χ0) is 13.9. The SMILES string of the molecule is O=[N+]([O-])c1ccc2nncc(Oc3ccccc3)c2c1. The summed E-state index contributed by atoms with van der Waals surface area (Å²) in [6.07, 6.45) is 1.44. The molecule has 0 saturated heterocycles. The average molecular weight is 267 g/mol. The van der Waals surface area contributed by atoms with E-state index in [0.717, 1.165) is 0 Å². The molecule has 0 atom stereocenters. The van der Waals surface area contributed by atoms with Crippen LogP contribution < -0.4 is 4.74 Å². The van der Waals surface area contributed by atoms with Gasteiger partial charge in [-0.2, -0.15) is 10.2 Å². The molecule has 1 heterocycles. The largest absolute Gasteiger partial charge is 0.455 e. The molecular weight excluding hydrogens is 258 g/mol. The quantitative estimate of drug-likeness (QED) is 0.537. The van der Waals surface area contributed by atoms with Gasteiger partial charge in [-0.3, -0.25) is 10.1 Å². The zero-order valence-corrected chi connectivity index (χ0v) is 10.3. The van der Waals surface area contributed by atoms with Gasteiger partial charge in [0, 0.05) is 12.1 Å². The number of benzene rings is 2. The highest BCUT2D eigenvalue weighted by Gasteiger charge is 2.11. The van der Waals surface area contributed by atoms with Crippen molar-refractivity contribution in [1.29, 1.82) is 0 Å². The summed E-state index contributed by atoms with van der Waals surface area (Å²) in [5.74, 6) is 1.07. The number of hydrogen-bond acceptors (Lipinski definition) is 5. The van der Waals surface area contributed by atoms with Gasteiger partial charge in [0.05, 0.1) is 22.0 Å². The average Bonchev–Trinajstić information content (AvgIpc) is 2.48. The van der Waals surface area contributed by atoms with Crippen molar-refractivity contribution in [2.24, 2.45) is 0 Å². The molecule has 0 unspecified atom stereocenters. The lowest BCUT2D eigenvalue weighted by atomic mass is 10.2. The molecule has 98 valence electrons. The Bertz CT molecular complexity index is 775. The van der Waals surface area contributed by atoms with E-state index in [2.05, 4.69) is 10.2 Å². The number of nitro groups is 1. The highest BCUT2D eigenvalue weighted by Crippen LogP contribution is 2.30. The van der Waals surface area contributed by atoms with E-state index in [0.29, 0.717) is 22.4 Å². The van der Waals surface area contributed by atoms with Gasteiger partial charge in [-0.1, -0.05) is 18.2 Å². The topological polar surface area (TPSA) is 78.2 Å². The smallest absolute Gasteiger partial charge is 0.270 e. The van der Waals surface area contributed by atoms with Crippen LogP contribution in [-0.2, 0) is 0 Å². The predicted molar refractivity (Wildman–Crippen MR) is 72.7 cm³/mol. The Hall–Kier alpha value is -3.02. The molecule has 1 aromatic heterocycles. The van der Waals surface area contributed by atoms with Crippen molar-refractivity contribution in [2.75, 3.05) is 0 Å². The highest BCUT2D eigenvalue weighted by molar-refractivity contribution is 5.86. The summed E-state index contributed by atoms with van der Waals surface area (Å²) >= 11 is 0. The van der Waals surface area contributed by atoms with Crippen molar-refractivity contribution < 1.29 is 9.66 Å². The molecule has 6 nitrogen and oxygen atoms in total. The maximum Gasteiger partial charge on any atom is 0.270 e. The van der Waals surface area contributed by atoms with Gasteiger partial charge in [-0.15, -0.1) is 0 Å². The number of hydrogen-bond donors (Lipinski definition) is 0. The van der Waals surface area contributed by atoms with E-state index in [1.165, 1.54) is 18.3 Å². The summed E-state index contributed by atoms with van der Waals surface area (Å²) in [6, 6.07) is 13.5. The number of nitro benzene ring substituents is 1. The number of para-hydroxylation sites is 1. The van der Waals surface area contributed by atoms with Crippen molar-refractivity contribution in [2.45, 2.75) is 0 Å². The van der Waals surface area contributed by atoms with Crippen LogP contribution in [0.5, 0.6) is 11.5 Å². The first-order valence-electron chi connectivity index (χ1n) is 5.87. The van der Waals surface area contributed by atoms with Crippen LogP contribution in [0.4, 0.5) is 5.69 Å². The Morgan fingerprint density at radius 2 is 1.90 bits per heavy atom. The van der Waals surface area contributed by atoms with Crippen molar-refractivity contribution in [3.8, 4) is 11.5 Å². The third kappa shape index (κ3) is 2.26. The van der Waals surface area contributed by atoms with Crippen LogP contribution in [0, 0.1) is 10.1 Å². The lowest BCUT2D eigenvalue weighted by Gasteiger charge is -2.07. The molecule has 0 fully saturated rings. The molecule has 0 saturated carbocycles. The monoisotopic (exact) mass is 267 g/mol. The van der Waals surface area contributed by atoms with Crippen LogP contribution in [0.25, 0.3) is 10.9 Å². The number of non-ortho nitro benzene ring substituents is 1. The molecule has 0 N–H and O–H groups in total. The predicted octanol–water partition coefficient (Wildman–Crippen LogP) is 3.33. The summed E-state index contributed by atoms with van der Waals surface area (Å²) in [5, 5.41) is 19.2. The summed E-state index contributed by atoms with van der Waals surface area (Å²) in [7, 11) is 0. The lowest BCUT2D eigenvalue weighted by Crippen LogP contribution is -1.92. The first-order chi connectivity index (χ1) is 9.74. The number of fused-ring (bicyclic) bond motifs is 1. The van der Waals surface area contributed by atoms with Gasteiger partial charge in [-0.05, 0) is 18.2 Å². The summed E-state index contributed by atoms with van der Waals surface area (Å²) < 4.78 is 5.70. The van der Waals surface area contributed by atoms with Gasteiger partial charge in [0.15, 0.2) is 5.75 Å². The van der Waals surface area contributed by atoms with E-state index in [4.69, 9.17) is 4.74 Å². The van der Waals surface area contributed by atoms with E-state index >= 15 is 0 Å². The molecule has 3 rings (SSSR count). The minimum absolute atomic E-state index is 0.0107. The molecule has 0 aliphatic rings. The molecule has 6 heteroatoms. The van der Waals surface area contributed by atoms with Gasteiger partial charge in [0.2, 0.25) is 0 Å². The summed E-state index contributed by atoms with van der Waals surface area (Å²) in [6.45, 7) is 0. The van der Waals surface area contributed by atoms with Gasteiger partial charge < -0.3 is 4.74 Å². The summed E-state index contributed by atoms with van der Waals surface area (Å²) in [4.78, 5) is 10.4. The first kappa shape index (κ1) is 12.0. The number of ether oxygens (including phenoxy) is 1. The van der Waals surface area contributed by atoms with Gasteiger partial charge in [0.1, 0.15) is 5.75 Å². The molecule has 0 bridgehead atoms. The van der Waals surface area contributed by atoms with Gasteiger partial charge in [-0.25, -0.2) is 0 Å². The Kier molecular flexibility index (Phi) is 2.96. The second-order valence-corrected chi connectivity index (χ2v) is 4.08. The van der Waals surface area contributed by atoms with Crippen LogP contribution in [0.2, 0.25) is 0 Å². The van der Waals surface area contributed by atoms with E-state index in [1.54, 1.807) is 18.2 Å². The van der Waals surface area contributed by atoms with Crippen LogP contribution in [0.1, 0.15) is 0 Å².